The van der Waals surface area contributed by atoms with Crippen molar-refractivity contribution < 1.29 is 23.9 Å². The Morgan fingerprint density at radius 3 is 2.36 bits per heavy atom. The van der Waals surface area contributed by atoms with Gasteiger partial charge in [-0.05, 0) is 31.3 Å². The highest BCUT2D eigenvalue weighted by Gasteiger charge is 2.10. The minimum Gasteiger partial charge on any atom is -0.463 e. The largest absolute Gasteiger partial charge is 0.463 e. The first kappa shape index (κ1) is 20.5. The molecule has 0 unspecified atom stereocenters. The van der Waals surface area contributed by atoms with Crippen molar-refractivity contribution in [2.75, 3.05) is 20.3 Å². The van der Waals surface area contributed by atoms with E-state index in [4.69, 9.17) is 21.7 Å². The van der Waals surface area contributed by atoms with Gasteiger partial charge < -0.3 is 14.8 Å². The molecule has 1 rings (SSSR count). The van der Waals surface area contributed by atoms with Crippen LogP contribution >= 0.6 is 12.2 Å². The average Bonchev–Trinajstić information content (AvgIpc) is 2.58. The lowest BCUT2D eigenvalue weighted by Crippen LogP contribution is -2.48. The molecule has 3 N–H and O–H groups in total. The van der Waals surface area contributed by atoms with Crippen LogP contribution in [0.2, 0.25) is 0 Å². The van der Waals surface area contributed by atoms with Gasteiger partial charge >= 0.3 is 5.97 Å². The number of thiocarbonyl (C=S) groups is 1. The number of carbonyl (C=O) groups excluding carboxylic acids is 3. The van der Waals surface area contributed by atoms with Crippen LogP contribution in [0.5, 0.6) is 0 Å². The number of esters is 1. The van der Waals surface area contributed by atoms with Gasteiger partial charge in [-0.25, -0.2) is 0 Å². The van der Waals surface area contributed by atoms with Crippen LogP contribution in [-0.2, 0) is 19.1 Å². The SMILES string of the molecule is COCCOC(=O)CCC(=O)NC(=S)NNC(=O)c1ccc(C)cc1. The molecule has 1 aromatic carbocycles. The lowest BCUT2D eigenvalue weighted by Gasteiger charge is -2.11. The smallest absolute Gasteiger partial charge is 0.306 e. The first-order valence-corrected chi connectivity index (χ1v) is 7.94. The first-order chi connectivity index (χ1) is 11.9. The van der Waals surface area contributed by atoms with Crippen molar-refractivity contribution in [2.24, 2.45) is 0 Å². The Kier molecular flexibility index (Phi) is 9.12. The lowest BCUT2D eigenvalue weighted by molar-refractivity contribution is -0.146. The van der Waals surface area contributed by atoms with Crippen LogP contribution in [0.3, 0.4) is 0 Å². The van der Waals surface area contributed by atoms with Crippen molar-refractivity contribution >= 4 is 35.1 Å². The minimum atomic E-state index is -0.501. The summed E-state index contributed by atoms with van der Waals surface area (Å²) in [5, 5.41) is 2.28. The van der Waals surface area contributed by atoms with Gasteiger partial charge in [0.2, 0.25) is 5.91 Å². The number of carbonyl (C=O) groups is 3. The minimum absolute atomic E-state index is 0.0711. The van der Waals surface area contributed by atoms with E-state index in [2.05, 4.69) is 16.2 Å². The maximum atomic E-state index is 11.9. The van der Waals surface area contributed by atoms with E-state index in [1.165, 1.54) is 7.11 Å². The molecule has 9 heteroatoms. The predicted molar refractivity (Wildman–Crippen MR) is 94.6 cm³/mol. The van der Waals surface area contributed by atoms with E-state index in [9.17, 15) is 14.4 Å². The van der Waals surface area contributed by atoms with Gasteiger partial charge in [-0.15, -0.1) is 0 Å². The fourth-order valence-corrected chi connectivity index (χ4v) is 1.80. The number of ether oxygens (including phenoxy) is 2. The maximum absolute atomic E-state index is 11.9. The Bertz CT molecular complexity index is 619. The number of amides is 2. The van der Waals surface area contributed by atoms with Gasteiger partial charge in [0, 0.05) is 19.1 Å². The number of rotatable bonds is 7. The third-order valence-corrected chi connectivity index (χ3v) is 3.17. The zero-order valence-electron chi connectivity index (χ0n) is 14.1. The molecule has 2 amide bonds. The van der Waals surface area contributed by atoms with E-state index in [1.807, 2.05) is 6.92 Å². The van der Waals surface area contributed by atoms with Crippen LogP contribution < -0.4 is 16.2 Å². The Morgan fingerprint density at radius 1 is 1.04 bits per heavy atom. The fraction of sp³-hybridized carbons (Fsp3) is 0.375. The highest BCUT2D eigenvalue weighted by molar-refractivity contribution is 7.80. The van der Waals surface area contributed by atoms with Crippen molar-refractivity contribution in [1.29, 1.82) is 0 Å². The number of aryl methyl sites for hydroxylation is 1. The topological polar surface area (TPSA) is 106 Å². The van der Waals surface area contributed by atoms with Crippen molar-refractivity contribution in [2.45, 2.75) is 19.8 Å². The van der Waals surface area contributed by atoms with Gasteiger partial charge in [-0.1, -0.05) is 17.7 Å². The molecule has 0 saturated heterocycles. The number of hydrogen-bond acceptors (Lipinski definition) is 6. The Labute approximate surface area is 151 Å². The van der Waals surface area contributed by atoms with E-state index in [-0.39, 0.29) is 24.6 Å². The molecule has 136 valence electrons. The molecule has 1 aromatic rings. The molecule has 0 fully saturated rings. The molecular formula is C16H21N3O5S. The van der Waals surface area contributed by atoms with Crippen LogP contribution in [0.25, 0.3) is 0 Å². The molecule has 0 spiro atoms. The summed E-state index contributed by atoms with van der Waals surface area (Å²) >= 11 is 4.89. The van der Waals surface area contributed by atoms with Gasteiger partial charge in [0.1, 0.15) is 6.61 Å². The number of methoxy groups -OCH3 is 1. The van der Waals surface area contributed by atoms with Gasteiger partial charge in [-0.3, -0.25) is 25.2 Å². The molecule has 0 aliphatic heterocycles. The van der Waals surface area contributed by atoms with E-state index in [0.29, 0.717) is 12.2 Å². The summed E-state index contributed by atoms with van der Waals surface area (Å²) in [4.78, 5) is 34.9. The highest BCUT2D eigenvalue weighted by Crippen LogP contribution is 2.02. The van der Waals surface area contributed by atoms with Crippen molar-refractivity contribution in [3.8, 4) is 0 Å². The summed E-state index contributed by atoms with van der Waals surface area (Å²) in [6, 6.07) is 6.95. The molecule has 0 radical (unpaired) electrons. The fourth-order valence-electron chi connectivity index (χ4n) is 1.64. The molecule has 0 aliphatic carbocycles. The van der Waals surface area contributed by atoms with E-state index in [0.717, 1.165) is 5.56 Å². The zero-order valence-corrected chi connectivity index (χ0v) is 14.9. The molecule has 0 saturated carbocycles. The summed E-state index contributed by atoms with van der Waals surface area (Å²) < 4.78 is 9.56. The summed E-state index contributed by atoms with van der Waals surface area (Å²) in [6.07, 6.45) is -0.159. The van der Waals surface area contributed by atoms with E-state index < -0.39 is 17.8 Å². The van der Waals surface area contributed by atoms with E-state index in [1.54, 1.807) is 24.3 Å². The Morgan fingerprint density at radius 2 is 1.72 bits per heavy atom. The first-order valence-electron chi connectivity index (χ1n) is 7.53. The van der Waals surface area contributed by atoms with Gasteiger partial charge in [-0.2, -0.15) is 0 Å². The number of benzene rings is 1. The van der Waals surface area contributed by atoms with Crippen molar-refractivity contribution in [1.82, 2.24) is 16.2 Å². The summed E-state index contributed by atoms with van der Waals surface area (Å²) in [5.74, 6) is -1.36. The van der Waals surface area contributed by atoms with E-state index >= 15 is 0 Å². The maximum Gasteiger partial charge on any atom is 0.306 e. The quantitative estimate of drug-likeness (QED) is 0.280. The van der Waals surface area contributed by atoms with Crippen LogP contribution in [-0.4, -0.2) is 43.2 Å². The number of hydrazine groups is 1. The molecule has 8 nitrogen and oxygen atoms in total. The molecule has 0 aromatic heterocycles. The summed E-state index contributed by atoms with van der Waals surface area (Å²) in [7, 11) is 1.49. The van der Waals surface area contributed by atoms with Crippen LogP contribution in [0, 0.1) is 6.92 Å². The second-order valence-corrected chi connectivity index (χ2v) is 5.44. The standard InChI is InChI=1S/C16H21N3O5S/c1-11-3-5-12(6-4-11)15(22)18-19-16(25)17-13(20)7-8-14(21)24-10-9-23-2/h3-6H,7-10H2,1-2H3,(H,18,22)(H2,17,19,20,25). The second-order valence-electron chi connectivity index (χ2n) is 5.04. The monoisotopic (exact) mass is 367 g/mol. The Balaban J connectivity index is 2.24. The second kappa shape index (κ2) is 11.1. The van der Waals surface area contributed by atoms with Crippen molar-refractivity contribution in [3.05, 3.63) is 35.4 Å². The molecule has 0 heterocycles. The predicted octanol–water partition coefficient (Wildman–Crippen LogP) is 0.600. The molecule has 0 atom stereocenters. The third-order valence-electron chi connectivity index (χ3n) is 2.96. The molecule has 0 aliphatic rings. The summed E-state index contributed by atoms with van der Waals surface area (Å²) in [5.41, 5.74) is 6.28. The van der Waals surface area contributed by atoms with Crippen LogP contribution in [0.15, 0.2) is 24.3 Å². The highest BCUT2D eigenvalue weighted by atomic mass is 32.1. The molecule has 0 bridgehead atoms. The van der Waals surface area contributed by atoms with Gasteiger partial charge in [0.15, 0.2) is 5.11 Å². The zero-order chi connectivity index (χ0) is 18.7. The number of hydrogen-bond donors (Lipinski definition) is 3. The molecule has 25 heavy (non-hydrogen) atoms. The molecular weight excluding hydrogens is 346 g/mol. The van der Waals surface area contributed by atoms with Crippen LogP contribution in [0.1, 0.15) is 28.8 Å². The average molecular weight is 367 g/mol. The summed E-state index contributed by atoms with van der Waals surface area (Å²) in [6.45, 7) is 2.35. The Hall–Kier alpha value is -2.52. The van der Waals surface area contributed by atoms with Crippen LogP contribution in [0.4, 0.5) is 0 Å². The lowest BCUT2D eigenvalue weighted by atomic mass is 10.1. The third kappa shape index (κ3) is 8.77. The normalized spacial score (nSPS) is 9.84. The van der Waals surface area contributed by atoms with Gasteiger partial charge in [0.05, 0.1) is 13.0 Å². The van der Waals surface area contributed by atoms with Crippen molar-refractivity contribution in [3.63, 3.8) is 0 Å². The number of nitrogens with one attached hydrogen (secondary N) is 3. The van der Waals surface area contributed by atoms with Gasteiger partial charge in [0.25, 0.3) is 5.91 Å².